The van der Waals surface area contributed by atoms with E-state index >= 15 is 0 Å². The minimum absolute atomic E-state index is 0.166. The van der Waals surface area contributed by atoms with Crippen LogP contribution in [0.15, 0.2) is 42.7 Å². The molecule has 0 unspecified atom stereocenters. The van der Waals surface area contributed by atoms with Crippen LogP contribution in [0.2, 0.25) is 0 Å². The molecule has 5 heteroatoms. The monoisotopic (exact) mass is 339 g/mol. The summed E-state index contributed by atoms with van der Waals surface area (Å²) in [5.41, 5.74) is 3.49. The van der Waals surface area contributed by atoms with E-state index in [4.69, 9.17) is 4.74 Å². The smallest absolute Gasteiger partial charge is 0.226 e. The average molecular weight is 339 g/mol. The number of aromatic nitrogens is 1. The Kier molecular flexibility index (Phi) is 5.53. The second kappa shape index (κ2) is 8.01. The molecule has 2 heterocycles. The zero-order valence-corrected chi connectivity index (χ0v) is 14.9. The van der Waals surface area contributed by atoms with Gasteiger partial charge in [-0.15, -0.1) is 0 Å². The van der Waals surface area contributed by atoms with Crippen LogP contribution in [0.4, 0.5) is 5.69 Å². The molecule has 1 saturated heterocycles. The number of hydrogen-bond acceptors (Lipinski definition) is 4. The maximum atomic E-state index is 12.4. The van der Waals surface area contributed by atoms with Crippen molar-refractivity contribution >= 4 is 11.6 Å². The summed E-state index contributed by atoms with van der Waals surface area (Å²) in [4.78, 5) is 20.7. The van der Waals surface area contributed by atoms with Gasteiger partial charge >= 0.3 is 0 Å². The van der Waals surface area contributed by atoms with Crippen LogP contribution in [0.3, 0.4) is 0 Å². The van der Waals surface area contributed by atoms with Gasteiger partial charge in [-0.05, 0) is 37.6 Å². The number of pyridine rings is 1. The van der Waals surface area contributed by atoms with Gasteiger partial charge in [0.15, 0.2) is 0 Å². The van der Waals surface area contributed by atoms with Crippen molar-refractivity contribution in [2.75, 3.05) is 37.7 Å². The molecule has 1 aliphatic rings. The highest BCUT2D eigenvalue weighted by atomic mass is 16.5. The molecule has 2 aromatic rings. The van der Waals surface area contributed by atoms with Crippen molar-refractivity contribution in [3.63, 3.8) is 0 Å². The van der Waals surface area contributed by atoms with Gasteiger partial charge in [0, 0.05) is 44.3 Å². The van der Waals surface area contributed by atoms with Crippen LogP contribution in [0, 0.1) is 13.8 Å². The number of nitrogens with zero attached hydrogens (tertiary/aromatic N) is 3. The van der Waals surface area contributed by atoms with Crippen LogP contribution in [-0.4, -0.2) is 48.6 Å². The molecule has 25 heavy (non-hydrogen) atoms. The molecular formula is C20H25N3O2. The van der Waals surface area contributed by atoms with Crippen molar-refractivity contribution in [3.05, 3.63) is 53.9 Å². The van der Waals surface area contributed by atoms with E-state index in [9.17, 15) is 4.79 Å². The van der Waals surface area contributed by atoms with E-state index in [1.807, 2.05) is 36.1 Å². The third-order valence-electron chi connectivity index (χ3n) is 4.56. The molecule has 1 aromatic heterocycles. The average Bonchev–Trinajstić information content (AvgIpc) is 2.64. The Bertz CT molecular complexity index is 710. The van der Waals surface area contributed by atoms with Crippen molar-refractivity contribution in [1.82, 2.24) is 9.88 Å². The minimum atomic E-state index is 0.166. The molecule has 0 atom stereocenters. The van der Waals surface area contributed by atoms with Crippen molar-refractivity contribution in [2.24, 2.45) is 0 Å². The molecule has 5 nitrogen and oxygen atoms in total. The van der Waals surface area contributed by atoms with Gasteiger partial charge in [-0.25, -0.2) is 0 Å². The quantitative estimate of drug-likeness (QED) is 0.840. The highest BCUT2D eigenvalue weighted by Gasteiger charge is 2.21. The van der Waals surface area contributed by atoms with E-state index in [-0.39, 0.29) is 5.91 Å². The SMILES string of the molecule is Cc1ccc(OCCC(=O)N2CCN(c3ccncc3)CC2)c(C)c1. The Balaban J connectivity index is 1.43. The topological polar surface area (TPSA) is 45.7 Å². The summed E-state index contributed by atoms with van der Waals surface area (Å²) in [6.07, 6.45) is 4.02. The number of benzene rings is 1. The summed E-state index contributed by atoms with van der Waals surface area (Å²) < 4.78 is 5.78. The zero-order valence-electron chi connectivity index (χ0n) is 14.9. The summed E-state index contributed by atoms with van der Waals surface area (Å²) in [5.74, 6) is 1.03. The number of hydrogen-bond donors (Lipinski definition) is 0. The van der Waals surface area contributed by atoms with Crippen LogP contribution in [0.5, 0.6) is 5.75 Å². The molecule has 0 spiro atoms. The Labute approximate surface area is 149 Å². The molecule has 1 aromatic carbocycles. The predicted molar refractivity (Wildman–Crippen MR) is 99.1 cm³/mol. The van der Waals surface area contributed by atoms with Crippen molar-refractivity contribution in [3.8, 4) is 5.75 Å². The zero-order chi connectivity index (χ0) is 17.6. The first kappa shape index (κ1) is 17.3. The summed E-state index contributed by atoms with van der Waals surface area (Å²) in [5, 5.41) is 0. The summed E-state index contributed by atoms with van der Waals surface area (Å²) >= 11 is 0. The molecule has 0 N–H and O–H groups in total. The fraction of sp³-hybridized carbons (Fsp3) is 0.400. The molecule has 0 aliphatic carbocycles. The van der Waals surface area contributed by atoms with Crippen LogP contribution in [0.25, 0.3) is 0 Å². The van der Waals surface area contributed by atoms with Crippen LogP contribution in [0.1, 0.15) is 17.5 Å². The van der Waals surface area contributed by atoms with E-state index in [1.54, 1.807) is 12.4 Å². The second-order valence-corrected chi connectivity index (χ2v) is 6.44. The lowest BCUT2D eigenvalue weighted by atomic mass is 10.1. The maximum absolute atomic E-state index is 12.4. The standard InChI is InChI=1S/C20H25N3O2/c1-16-3-4-19(17(2)15-16)25-14-7-20(24)23-12-10-22(11-13-23)18-5-8-21-9-6-18/h3-6,8-9,15H,7,10-14H2,1-2H3. The Morgan fingerprint density at radius 1 is 1.08 bits per heavy atom. The first-order chi connectivity index (χ1) is 12.1. The summed E-state index contributed by atoms with van der Waals surface area (Å²) in [7, 11) is 0. The molecule has 1 fully saturated rings. The number of carbonyl (C=O) groups is 1. The number of ether oxygens (including phenoxy) is 1. The normalized spacial score (nSPS) is 14.5. The molecule has 3 rings (SSSR count). The number of piperazine rings is 1. The van der Waals surface area contributed by atoms with Crippen molar-refractivity contribution in [1.29, 1.82) is 0 Å². The lowest BCUT2D eigenvalue weighted by molar-refractivity contribution is -0.132. The second-order valence-electron chi connectivity index (χ2n) is 6.44. The third kappa shape index (κ3) is 4.50. The number of rotatable bonds is 5. The molecular weight excluding hydrogens is 314 g/mol. The van der Waals surface area contributed by atoms with Crippen molar-refractivity contribution in [2.45, 2.75) is 20.3 Å². The fourth-order valence-electron chi connectivity index (χ4n) is 3.14. The number of amides is 1. The Hall–Kier alpha value is -2.56. The molecule has 0 bridgehead atoms. The van der Waals surface area contributed by atoms with E-state index in [0.717, 1.165) is 37.5 Å². The van der Waals surface area contributed by atoms with Gasteiger partial charge in [-0.1, -0.05) is 17.7 Å². The molecule has 0 saturated carbocycles. The van der Waals surface area contributed by atoms with Gasteiger partial charge in [0.1, 0.15) is 5.75 Å². The van der Waals surface area contributed by atoms with Gasteiger partial charge in [-0.3, -0.25) is 9.78 Å². The lowest BCUT2D eigenvalue weighted by Crippen LogP contribution is -2.49. The first-order valence-corrected chi connectivity index (χ1v) is 8.76. The van der Waals surface area contributed by atoms with Gasteiger partial charge in [-0.2, -0.15) is 0 Å². The van der Waals surface area contributed by atoms with Gasteiger partial charge in [0.25, 0.3) is 0 Å². The van der Waals surface area contributed by atoms with Gasteiger partial charge < -0.3 is 14.5 Å². The van der Waals surface area contributed by atoms with Gasteiger partial charge in [0.2, 0.25) is 5.91 Å². The van der Waals surface area contributed by atoms with E-state index in [2.05, 4.69) is 22.9 Å². The third-order valence-corrected chi connectivity index (χ3v) is 4.56. The Morgan fingerprint density at radius 2 is 1.80 bits per heavy atom. The van der Waals surface area contributed by atoms with Crippen LogP contribution < -0.4 is 9.64 Å². The number of carbonyl (C=O) groups excluding carboxylic acids is 1. The highest BCUT2D eigenvalue weighted by Crippen LogP contribution is 2.19. The van der Waals surface area contributed by atoms with Crippen molar-refractivity contribution < 1.29 is 9.53 Å². The van der Waals surface area contributed by atoms with Crippen LogP contribution in [-0.2, 0) is 4.79 Å². The predicted octanol–water partition coefficient (Wildman–Crippen LogP) is 2.82. The molecule has 1 amide bonds. The maximum Gasteiger partial charge on any atom is 0.226 e. The lowest BCUT2D eigenvalue weighted by Gasteiger charge is -2.36. The van der Waals surface area contributed by atoms with E-state index < -0.39 is 0 Å². The Morgan fingerprint density at radius 3 is 2.48 bits per heavy atom. The first-order valence-electron chi connectivity index (χ1n) is 8.76. The molecule has 0 radical (unpaired) electrons. The summed E-state index contributed by atoms with van der Waals surface area (Å²) in [6.45, 7) is 7.73. The number of aryl methyl sites for hydroxylation is 2. The van der Waals surface area contributed by atoms with E-state index in [0.29, 0.717) is 13.0 Å². The summed E-state index contributed by atoms with van der Waals surface area (Å²) in [6, 6.07) is 10.1. The highest BCUT2D eigenvalue weighted by molar-refractivity contribution is 5.76. The van der Waals surface area contributed by atoms with E-state index in [1.165, 1.54) is 11.3 Å². The van der Waals surface area contributed by atoms with Crippen LogP contribution >= 0.6 is 0 Å². The van der Waals surface area contributed by atoms with Gasteiger partial charge in [0.05, 0.1) is 13.0 Å². The number of anilines is 1. The largest absolute Gasteiger partial charge is 0.493 e. The minimum Gasteiger partial charge on any atom is -0.493 e. The molecule has 1 aliphatic heterocycles. The fourth-order valence-corrected chi connectivity index (χ4v) is 3.14. The molecule has 132 valence electrons.